The van der Waals surface area contributed by atoms with Gasteiger partial charge in [-0.3, -0.25) is 4.90 Å². The molecule has 0 saturated carbocycles. The smallest absolute Gasteiger partial charge is 0.409 e. The number of carboxylic acids is 2. The summed E-state index contributed by atoms with van der Waals surface area (Å²) in [7, 11) is 0. The molecule has 0 aromatic heterocycles. The molecule has 0 radical (unpaired) electrons. The van der Waals surface area contributed by atoms with E-state index >= 15 is 0 Å². The van der Waals surface area contributed by atoms with E-state index in [1.165, 1.54) is 10.5 Å². The molecular weight excluding hydrogens is 384 g/mol. The first-order valence-corrected chi connectivity index (χ1v) is 9.99. The molecule has 9 heteroatoms. The highest BCUT2D eigenvalue weighted by Crippen LogP contribution is 2.17. The highest BCUT2D eigenvalue weighted by molar-refractivity contribution is 7.98. The average Bonchev–Trinajstić information content (AvgIpc) is 2.68. The molecule has 1 fully saturated rings. The van der Waals surface area contributed by atoms with Crippen molar-refractivity contribution in [2.75, 3.05) is 39.0 Å². The molecule has 1 aromatic carbocycles. The van der Waals surface area contributed by atoms with Crippen LogP contribution < -0.4 is 0 Å². The molecule has 0 aliphatic carbocycles. The number of rotatable bonds is 6. The van der Waals surface area contributed by atoms with Crippen LogP contribution in [0.3, 0.4) is 0 Å². The van der Waals surface area contributed by atoms with Crippen molar-refractivity contribution in [3.05, 3.63) is 42.0 Å². The third-order valence-electron chi connectivity index (χ3n) is 3.81. The van der Waals surface area contributed by atoms with Crippen LogP contribution in [0.2, 0.25) is 0 Å². The molecule has 1 heterocycles. The molecule has 1 aliphatic rings. The van der Waals surface area contributed by atoms with Crippen molar-refractivity contribution in [1.29, 1.82) is 0 Å². The van der Waals surface area contributed by atoms with Crippen LogP contribution in [-0.4, -0.2) is 77.1 Å². The third-order valence-corrected chi connectivity index (χ3v) is 4.53. The Balaban J connectivity index is 0.000000416. The Labute approximate surface area is 168 Å². The number of carboxylic acid groups (broad SMARTS) is 2. The van der Waals surface area contributed by atoms with E-state index in [1.807, 2.05) is 6.92 Å². The number of piperazine rings is 1. The molecule has 0 atom stereocenters. The first kappa shape index (κ1) is 23.5. The van der Waals surface area contributed by atoms with Gasteiger partial charge in [-0.25, -0.2) is 14.4 Å². The maximum absolute atomic E-state index is 11.6. The Bertz CT molecular complexity index is 671. The number of aliphatic carboxylic acids is 2. The zero-order valence-corrected chi connectivity index (χ0v) is 16.9. The second-order valence-corrected chi connectivity index (χ2v) is 6.70. The van der Waals surface area contributed by atoms with Crippen LogP contribution in [0.4, 0.5) is 4.79 Å². The van der Waals surface area contributed by atoms with Gasteiger partial charge in [0.2, 0.25) is 0 Å². The van der Waals surface area contributed by atoms with E-state index in [-0.39, 0.29) is 6.09 Å². The number of carbonyl (C=O) groups is 3. The lowest BCUT2D eigenvalue weighted by Crippen LogP contribution is -2.48. The number of hydrogen-bond acceptors (Lipinski definition) is 6. The van der Waals surface area contributed by atoms with Crippen molar-refractivity contribution in [3.63, 3.8) is 0 Å². The number of ether oxygens (including phenoxy) is 1. The average molecular weight is 410 g/mol. The molecular formula is C19H26N2O6S. The predicted octanol–water partition coefficient (Wildman–Crippen LogP) is 2.39. The minimum Gasteiger partial charge on any atom is -0.478 e. The number of thioether (sulfide) groups is 1. The number of hydrogen-bond donors (Lipinski definition) is 2. The summed E-state index contributed by atoms with van der Waals surface area (Å²) in [4.78, 5) is 36.2. The maximum atomic E-state index is 11.6. The molecule has 2 rings (SSSR count). The summed E-state index contributed by atoms with van der Waals surface area (Å²) in [5.41, 5.74) is 1.33. The molecule has 1 aliphatic heterocycles. The van der Waals surface area contributed by atoms with Gasteiger partial charge in [0.05, 0.1) is 6.61 Å². The van der Waals surface area contributed by atoms with Gasteiger partial charge in [0.15, 0.2) is 0 Å². The quantitative estimate of drug-likeness (QED) is 0.544. The molecule has 0 unspecified atom stereocenters. The molecule has 2 N–H and O–H groups in total. The van der Waals surface area contributed by atoms with Crippen LogP contribution >= 0.6 is 11.8 Å². The summed E-state index contributed by atoms with van der Waals surface area (Å²) in [6, 6.07) is 8.64. The van der Waals surface area contributed by atoms with Crippen molar-refractivity contribution < 1.29 is 29.3 Å². The van der Waals surface area contributed by atoms with Gasteiger partial charge < -0.3 is 19.8 Å². The number of carbonyl (C=O) groups excluding carboxylic acids is 1. The molecule has 1 aromatic rings. The van der Waals surface area contributed by atoms with Crippen LogP contribution in [0.15, 0.2) is 41.3 Å². The van der Waals surface area contributed by atoms with Crippen LogP contribution in [0.5, 0.6) is 0 Å². The van der Waals surface area contributed by atoms with E-state index in [9.17, 15) is 14.4 Å². The highest BCUT2D eigenvalue weighted by Gasteiger charge is 2.21. The largest absolute Gasteiger partial charge is 0.478 e. The fraction of sp³-hybridized carbons (Fsp3) is 0.421. The molecule has 1 saturated heterocycles. The normalized spacial score (nSPS) is 14.3. The molecule has 1 amide bonds. The minimum absolute atomic E-state index is 0.184. The van der Waals surface area contributed by atoms with Crippen molar-refractivity contribution >= 4 is 29.8 Å². The lowest BCUT2D eigenvalue weighted by atomic mass is 10.2. The zero-order valence-electron chi connectivity index (χ0n) is 16.0. The van der Waals surface area contributed by atoms with Crippen LogP contribution in [0.25, 0.3) is 0 Å². The van der Waals surface area contributed by atoms with Crippen molar-refractivity contribution in [1.82, 2.24) is 9.80 Å². The number of amides is 1. The lowest BCUT2D eigenvalue weighted by molar-refractivity contribution is -0.134. The van der Waals surface area contributed by atoms with Gasteiger partial charge in [-0.15, -0.1) is 11.8 Å². The Hall–Kier alpha value is -2.52. The van der Waals surface area contributed by atoms with E-state index in [4.69, 9.17) is 14.9 Å². The first-order valence-electron chi connectivity index (χ1n) is 8.76. The first-order chi connectivity index (χ1) is 13.3. The fourth-order valence-electron chi connectivity index (χ4n) is 2.47. The second-order valence-electron chi connectivity index (χ2n) is 5.82. The molecule has 0 bridgehead atoms. The Morgan fingerprint density at radius 1 is 1.11 bits per heavy atom. The molecule has 0 spiro atoms. The number of nitrogens with zero attached hydrogens (tertiary/aromatic N) is 2. The van der Waals surface area contributed by atoms with Crippen LogP contribution in [0, 0.1) is 0 Å². The van der Waals surface area contributed by atoms with Crippen molar-refractivity contribution in [3.8, 4) is 0 Å². The van der Waals surface area contributed by atoms with Gasteiger partial charge in [0.25, 0.3) is 0 Å². The topological polar surface area (TPSA) is 107 Å². The van der Waals surface area contributed by atoms with Gasteiger partial charge in [0, 0.05) is 49.8 Å². The lowest BCUT2D eigenvalue weighted by Gasteiger charge is -2.34. The molecule has 28 heavy (non-hydrogen) atoms. The minimum atomic E-state index is -1.26. The monoisotopic (exact) mass is 410 g/mol. The van der Waals surface area contributed by atoms with E-state index < -0.39 is 11.9 Å². The van der Waals surface area contributed by atoms with Crippen molar-refractivity contribution in [2.24, 2.45) is 0 Å². The fourth-order valence-corrected chi connectivity index (χ4v) is 2.96. The summed E-state index contributed by atoms with van der Waals surface area (Å²) < 4.78 is 5.03. The summed E-state index contributed by atoms with van der Waals surface area (Å²) in [5, 5.41) is 15.6. The highest BCUT2D eigenvalue weighted by atomic mass is 32.2. The second kappa shape index (κ2) is 12.8. The molecule has 154 valence electrons. The van der Waals surface area contributed by atoms with Crippen LogP contribution in [0.1, 0.15) is 12.5 Å². The van der Waals surface area contributed by atoms with E-state index in [2.05, 4.69) is 35.4 Å². The van der Waals surface area contributed by atoms with E-state index in [1.54, 1.807) is 16.7 Å². The molecule has 8 nitrogen and oxygen atoms in total. The van der Waals surface area contributed by atoms with E-state index in [0.717, 1.165) is 32.7 Å². The summed E-state index contributed by atoms with van der Waals surface area (Å²) in [6.45, 7) is 6.55. The SMILES string of the molecule is CCOC(=O)N1CCN(Cc2cccc(SC)c2)CC1.O=C(O)C=CC(=O)O. The van der Waals surface area contributed by atoms with Gasteiger partial charge in [-0.1, -0.05) is 12.1 Å². The van der Waals surface area contributed by atoms with Gasteiger partial charge in [-0.2, -0.15) is 0 Å². The number of benzene rings is 1. The van der Waals surface area contributed by atoms with E-state index in [0.29, 0.717) is 18.8 Å². The van der Waals surface area contributed by atoms with Gasteiger partial charge >= 0.3 is 18.0 Å². The third kappa shape index (κ3) is 9.43. The zero-order chi connectivity index (χ0) is 20.9. The summed E-state index contributed by atoms with van der Waals surface area (Å²) in [6.07, 6.45) is 3.03. The summed E-state index contributed by atoms with van der Waals surface area (Å²) in [5.74, 6) is -2.51. The summed E-state index contributed by atoms with van der Waals surface area (Å²) >= 11 is 1.77. The Morgan fingerprint density at radius 2 is 1.71 bits per heavy atom. The van der Waals surface area contributed by atoms with Gasteiger partial charge in [-0.05, 0) is 30.9 Å². The van der Waals surface area contributed by atoms with Crippen LogP contribution in [-0.2, 0) is 20.9 Å². The van der Waals surface area contributed by atoms with Gasteiger partial charge in [0.1, 0.15) is 0 Å². The standard InChI is InChI=1S/C15H22N2O2S.C4H4O4/c1-3-19-15(18)17-9-7-16(8-10-17)12-13-5-4-6-14(11-13)20-2;5-3(6)1-2-4(7)8/h4-6,11H,3,7-10,12H2,1-2H3;1-2H,(H,5,6)(H,7,8). The Morgan fingerprint density at radius 3 is 2.21 bits per heavy atom. The predicted molar refractivity (Wildman–Crippen MR) is 107 cm³/mol. The maximum Gasteiger partial charge on any atom is 0.409 e. The Kier molecular flexibility index (Phi) is 10.7. The van der Waals surface area contributed by atoms with Crippen molar-refractivity contribution in [2.45, 2.75) is 18.4 Å².